The van der Waals surface area contributed by atoms with Gasteiger partial charge in [-0.05, 0) is 41.3 Å². The van der Waals surface area contributed by atoms with Gasteiger partial charge in [-0.1, -0.05) is 33.1 Å². The molecule has 36 heavy (non-hydrogen) atoms. The maximum absolute atomic E-state index is 13.3. The van der Waals surface area contributed by atoms with Crippen LogP contribution in [0.1, 0.15) is 63.4 Å². The minimum absolute atomic E-state index is 0.0412. The van der Waals surface area contributed by atoms with E-state index in [0.29, 0.717) is 42.8 Å². The van der Waals surface area contributed by atoms with Crippen molar-refractivity contribution in [2.75, 3.05) is 27.9 Å². The number of H-pyrrole nitrogens is 1. The number of rotatable bonds is 11. The van der Waals surface area contributed by atoms with E-state index < -0.39 is 0 Å². The molecule has 0 aliphatic heterocycles. The van der Waals surface area contributed by atoms with E-state index in [1.807, 2.05) is 16.8 Å². The van der Waals surface area contributed by atoms with Crippen LogP contribution < -0.4 is 15.0 Å². The highest BCUT2D eigenvalue weighted by molar-refractivity contribution is 5.83. The molecule has 3 aromatic rings. The van der Waals surface area contributed by atoms with E-state index in [9.17, 15) is 4.79 Å². The van der Waals surface area contributed by atoms with Crippen LogP contribution in [0.3, 0.4) is 0 Å². The lowest BCUT2D eigenvalue weighted by molar-refractivity contribution is 0.0597. The first-order valence-electron chi connectivity index (χ1n) is 12.8. The monoisotopic (exact) mass is 498 g/mol. The lowest BCUT2D eigenvalue weighted by atomic mass is 9.90. The van der Waals surface area contributed by atoms with E-state index in [0.717, 1.165) is 29.6 Å². The highest BCUT2D eigenvalue weighted by Crippen LogP contribution is 2.36. The second-order valence-electron chi connectivity index (χ2n) is 9.82. The summed E-state index contributed by atoms with van der Waals surface area (Å²) in [5.41, 5.74) is 1.33. The van der Waals surface area contributed by atoms with Gasteiger partial charge in [0, 0.05) is 36.7 Å². The van der Waals surface area contributed by atoms with Gasteiger partial charge >= 0.3 is 0 Å². The van der Waals surface area contributed by atoms with Gasteiger partial charge in [0.1, 0.15) is 0 Å². The number of aromatic amines is 1. The summed E-state index contributed by atoms with van der Waals surface area (Å²) in [5, 5.41) is 13.6. The van der Waals surface area contributed by atoms with Crippen molar-refractivity contribution in [3.63, 3.8) is 0 Å². The first kappa shape index (κ1) is 26.1. The zero-order valence-electron chi connectivity index (χ0n) is 22.0. The van der Waals surface area contributed by atoms with Crippen LogP contribution >= 0.6 is 0 Å². The summed E-state index contributed by atoms with van der Waals surface area (Å²) < 4.78 is 18.0. The number of aromatic nitrogens is 5. The fourth-order valence-electron chi connectivity index (χ4n) is 5.35. The summed E-state index contributed by atoms with van der Waals surface area (Å²) in [6, 6.07) is 5.99. The Morgan fingerprint density at radius 1 is 1.08 bits per heavy atom. The number of pyridine rings is 1. The molecule has 2 aromatic heterocycles. The van der Waals surface area contributed by atoms with Gasteiger partial charge in [0.2, 0.25) is 0 Å². The maximum atomic E-state index is 13.3. The summed E-state index contributed by atoms with van der Waals surface area (Å²) >= 11 is 0. The number of nitrogens with one attached hydrogen (secondary N) is 1. The van der Waals surface area contributed by atoms with Gasteiger partial charge in [0.15, 0.2) is 17.3 Å². The van der Waals surface area contributed by atoms with Gasteiger partial charge in [0.05, 0.1) is 38.9 Å². The normalized spacial score (nSPS) is 15.6. The smallest absolute Gasteiger partial charge is 0.252 e. The fourth-order valence-corrected chi connectivity index (χ4v) is 5.35. The van der Waals surface area contributed by atoms with Gasteiger partial charge < -0.3 is 19.2 Å². The standard InChI is InChI=1S/C26H38N6O4/c1-17(2)24(25-28-29-30-32(25)11-12-34-3)31(20-9-7-6-8-10-20)16-19-13-18-14-22(35-4)23(36-5)15-21(18)27-26(19)33/h13-15,17,20,24H,6-12,16H2,1-5H3,(H,27,33)/t24-/m0/s1. The Morgan fingerprint density at radius 2 is 1.81 bits per heavy atom. The molecule has 1 fully saturated rings. The number of hydrogen-bond acceptors (Lipinski definition) is 8. The fraction of sp³-hybridized carbons (Fsp3) is 0.615. The average molecular weight is 499 g/mol. The number of benzene rings is 1. The molecule has 10 heteroatoms. The Bertz CT molecular complexity index is 1200. The van der Waals surface area contributed by atoms with Crippen molar-refractivity contribution >= 4 is 10.9 Å². The Kier molecular flexibility index (Phi) is 8.58. The molecule has 1 aromatic carbocycles. The molecule has 0 spiro atoms. The van der Waals surface area contributed by atoms with Crippen molar-refractivity contribution in [2.24, 2.45) is 5.92 Å². The molecule has 1 atom stereocenters. The van der Waals surface area contributed by atoms with Crippen molar-refractivity contribution in [2.45, 2.75) is 71.1 Å². The Morgan fingerprint density at radius 3 is 2.47 bits per heavy atom. The molecule has 0 bridgehead atoms. The second-order valence-corrected chi connectivity index (χ2v) is 9.82. The predicted molar refractivity (Wildman–Crippen MR) is 137 cm³/mol. The first-order valence-corrected chi connectivity index (χ1v) is 12.8. The second kappa shape index (κ2) is 11.8. The molecule has 1 aliphatic carbocycles. The predicted octanol–water partition coefficient (Wildman–Crippen LogP) is 3.71. The van der Waals surface area contributed by atoms with E-state index >= 15 is 0 Å². The number of tetrazole rings is 1. The topological polar surface area (TPSA) is 107 Å². The molecule has 0 unspecified atom stereocenters. The molecule has 0 saturated heterocycles. The van der Waals surface area contributed by atoms with Crippen LogP contribution in [0.25, 0.3) is 10.9 Å². The van der Waals surface area contributed by atoms with Crippen LogP contribution in [0.5, 0.6) is 11.5 Å². The zero-order chi connectivity index (χ0) is 25.7. The van der Waals surface area contributed by atoms with Crippen molar-refractivity contribution < 1.29 is 14.2 Å². The minimum Gasteiger partial charge on any atom is -0.493 e. The minimum atomic E-state index is -0.1000. The van der Waals surface area contributed by atoms with E-state index in [1.54, 1.807) is 27.4 Å². The Labute approximate surface area is 211 Å². The van der Waals surface area contributed by atoms with Gasteiger partial charge in [-0.15, -0.1) is 5.10 Å². The van der Waals surface area contributed by atoms with Crippen molar-refractivity contribution in [1.29, 1.82) is 0 Å². The summed E-state index contributed by atoms with van der Waals surface area (Å²) in [5.74, 6) is 2.27. The molecule has 1 aliphatic rings. The number of hydrogen-bond donors (Lipinski definition) is 1. The van der Waals surface area contributed by atoms with Gasteiger partial charge in [-0.25, -0.2) is 4.68 Å². The van der Waals surface area contributed by atoms with E-state index in [4.69, 9.17) is 14.2 Å². The average Bonchev–Trinajstić information content (AvgIpc) is 3.34. The largest absolute Gasteiger partial charge is 0.493 e. The molecule has 2 heterocycles. The molecule has 0 radical (unpaired) electrons. The Balaban J connectivity index is 1.76. The number of ether oxygens (including phenoxy) is 3. The summed E-state index contributed by atoms with van der Waals surface area (Å²) in [6.07, 6.45) is 5.82. The molecule has 4 rings (SSSR count). The summed E-state index contributed by atoms with van der Waals surface area (Å²) in [7, 11) is 4.88. The van der Waals surface area contributed by atoms with Crippen LogP contribution in [-0.2, 0) is 17.8 Å². The number of methoxy groups -OCH3 is 3. The molecule has 1 saturated carbocycles. The highest BCUT2D eigenvalue weighted by atomic mass is 16.5. The van der Waals surface area contributed by atoms with E-state index in [-0.39, 0.29) is 17.5 Å². The Hall–Kier alpha value is -2.98. The third-order valence-electron chi connectivity index (χ3n) is 7.14. The van der Waals surface area contributed by atoms with E-state index in [2.05, 4.69) is 39.3 Å². The molecule has 10 nitrogen and oxygen atoms in total. The van der Waals surface area contributed by atoms with E-state index in [1.165, 1.54) is 19.3 Å². The molecular weight excluding hydrogens is 460 g/mol. The van der Waals surface area contributed by atoms with Crippen molar-refractivity contribution in [3.05, 3.63) is 39.9 Å². The molecular formula is C26H38N6O4. The molecule has 0 amide bonds. The number of nitrogens with zero attached hydrogens (tertiary/aromatic N) is 5. The van der Waals surface area contributed by atoms with Crippen LogP contribution in [0.4, 0.5) is 0 Å². The van der Waals surface area contributed by atoms with Crippen LogP contribution in [0.15, 0.2) is 23.0 Å². The zero-order valence-corrected chi connectivity index (χ0v) is 22.0. The lowest BCUT2D eigenvalue weighted by Gasteiger charge is -2.41. The summed E-state index contributed by atoms with van der Waals surface area (Å²) in [6.45, 7) is 6.00. The van der Waals surface area contributed by atoms with Crippen molar-refractivity contribution in [1.82, 2.24) is 30.1 Å². The number of fused-ring (bicyclic) bond motifs is 1. The highest BCUT2D eigenvalue weighted by Gasteiger charge is 2.34. The molecule has 1 N–H and O–H groups in total. The van der Waals surface area contributed by atoms with Crippen molar-refractivity contribution in [3.8, 4) is 11.5 Å². The first-order chi connectivity index (χ1) is 17.5. The van der Waals surface area contributed by atoms with Crippen LogP contribution in [-0.4, -0.2) is 64.1 Å². The third-order valence-corrected chi connectivity index (χ3v) is 7.14. The van der Waals surface area contributed by atoms with Gasteiger partial charge in [-0.3, -0.25) is 9.69 Å². The van der Waals surface area contributed by atoms with Gasteiger partial charge in [-0.2, -0.15) is 0 Å². The summed E-state index contributed by atoms with van der Waals surface area (Å²) in [4.78, 5) is 18.8. The third kappa shape index (κ3) is 5.54. The maximum Gasteiger partial charge on any atom is 0.252 e. The van der Waals surface area contributed by atoms with Crippen LogP contribution in [0, 0.1) is 5.92 Å². The SMILES string of the molecule is COCCn1nnnc1[C@H](C(C)C)N(Cc1cc2cc(OC)c(OC)cc2[nH]c1=O)C1CCCCC1. The van der Waals surface area contributed by atoms with Crippen LogP contribution in [0.2, 0.25) is 0 Å². The van der Waals surface area contributed by atoms with Gasteiger partial charge in [0.25, 0.3) is 5.56 Å². The lowest BCUT2D eigenvalue weighted by Crippen LogP contribution is -2.43. The quantitative estimate of drug-likeness (QED) is 0.426. The molecule has 196 valence electrons.